The van der Waals surface area contributed by atoms with Gasteiger partial charge in [-0.15, -0.1) is 0 Å². The van der Waals surface area contributed by atoms with E-state index in [1.807, 2.05) is 0 Å². The number of nitrogens with two attached hydrogens (primary N) is 1. The van der Waals surface area contributed by atoms with E-state index in [0.717, 1.165) is 12.1 Å². The summed E-state index contributed by atoms with van der Waals surface area (Å²) in [5, 5.41) is 2.57. The molecule has 0 fully saturated rings. The van der Waals surface area contributed by atoms with Crippen molar-refractivity contribution in [3.8, 4) is 0 Å². The second-order valence-corrected chi connectivity index (χ2v) is 6.19. The van der Waals surface area contributed by atoms with Gasteiger partial charge in [0.1, 0.15) is 12.0 Å². The number of hydrogen-bond acceptors (Lipinski definition) is 3. The van der Waals surface area contributed by atoms with Crippen molar-refractivity contribution < 1.29 is 30.7 Å². The van der Waals surface area contributed by atoms with E-state index >= 15 is 0 Å². The van der Waals surface area contributed by atoms with Gasteiger partial charge in [0.25, 0.3) is 0 Å². The minimum atomic E-state index is -4.99. The fraction of sp³-hybridized carbons (Fsp3) is 0.294. The van der Waals surface area contributed by atoms with Crippen LogP contribution in [0.1, 0.15) is 22.7 Å². The van der Waals surface area contributed by atoms with Gasteiger partial charge in [0.15, 0.2) is 0 Å². The Balaban J connectivity index is 2.05. The summed E-state index contributed by atoms with van der Waals surface area (Å²) in [4.78, 5) is 1.22. The number of nitrogens with one attached hydrogen (secondary N) is 1. The molecule has 0 saturated heterocycles. The molecule has 0 amide bonds. The molecule has 0 saturated carbocycles. The zero-order valence-corrected chi connectivity index (χ0v) is 13.8. The average Bonchev–Trinajstić information content (AvgIpc) is 2.89. The van der Waals surface area contributed by atoms with E-state index in [9.17, 15) is 30.7 Å². The van der Waals surface area contributed by atoms with Crippen LogP contribution in [0.25, 0.3) is 0 Å². The third-order valence-corrected chi connectivity index (χ3v) is 4.43. The van der Waals surface area contributed by atoms with Gasteiger partial charge in [-0.2, -0.15) is 26.3 Å². The third kappa shape index (κ3) is 3.53. The Morgan fingerprint density at radius 3 is 2.11 bits per heavy atom. The fourth-order valence-corrected chi connectivity index (χ4v) is 3.04. The molecule has 2 atom stereocenters. The van der Waals surface area contributed by atoms with Gasteiger partial charge in [0.2, 0.25) is 0 Å². The van der Waals surface area contributed by atoms with Gasteiger partial charge in [-0.3, -0.25) is 0 Å². The van der Waals surface area contributed by atoms with Crippen LogP contribution >= 0.6 is 0 Å². The summed E-state index contributed by atoms with van der Waals surface area (Å²) >= 11 is 0. The SMILES string of the molecule is CN1c2cc(C(F)(F)F)cc(C(F)(F)F)c2NC1[C@@H](N)c1ccc(F)cc1. The predicted octanol–water partition coefficient (Wildman–Crippen LogP) is 4.75. The number of nitrogens with zero attached hydrogens (tertiary/aromatic N) is 1. The van der Waals surface area contributed by atoms with Crippen LogP contribution in [0.4, 0.5) is 42.1 Å². The Hall–Kier alpha value is -2.49. The highest BCUT2D eigenvalue weighted by atomic mass is 19.4. The first-order valence-corrected chi connectivity index (χ1v) is 7.72. The van der Waals surface area contributed by atoms with Crippen molar-refractivity contribution >= 4 is 11.4 Å². The van der Waals surface area contributed by atoms with Crippen LogP contribution < -0.4 is 16.0 Å². The van der Waals surface area contributed by atoms with Gasteiger partial charge in [-0.05, 0) is 29.8 Å². The number of benzene rings is 2. The number of halogens is 7. The number of alkyl halides is 6. The summed E-state index contributed by atoms with van der Waals surface area (Å²) < 4.78 is 92.2. The van der Waals surface area contributed by atoms with Crippen LogP contribution in [0.5, 0.6) is 0 Å². The molecule has 1 aliphatic heterocycles. The smallest absolute Gasteiger partial charge is 0.361 e. The third-order valence-electron chi connectivity index (χ3n) is 4.43. The highest BCUT2D eigenvalue weighted by Gasteiger charge is 2.44. The lowest BCUT2D eigenvalue weighted by atomic mass is 10.0. The molecule has 0 bridgehead atoms. The maximum atomic E-state index is 13.3. The molecule has 2 aromatic carbocycles. The molecule has 0 radical (unpaired) electrons. The Bertz CT molecular complexity index is 843. The molecule has 27 heavy (non-hydrogen) atoms. The van der Waals surface area contributed by atoms with Crippen molar-refractivity contribution in [2.24, 2.45) is 5.73 Å². The van der Waals surface area contributed by atoms with E-state index in [1.165, 1.54) is 24.1 Å². The van der Waals surface area contributed by atoms with Crippen molar-refractivity contribution in [1.29, 1.82) is 0 Å². The van der Waals surface area contributed by atoms with Crippen molar-refractivity contribution in [1.82, 2.24) is 0 Å². The fourth-order valence-electron chi connectivity index (χ4n) is 3.04. The van der Waals surface area contributed by atoms with Gasteiger partial charge in [-0.25, -0.2) is 4.39 Å². The van der Waals surface area contributed by atoms with E-state index in [2.05, 4.69) is 5.32 Å². The number of fused-ring (bicyclic) bond motifs is 1. The molecule has 0 aliphatic carbocycles. The first-order chi connectivity index (χ1) is 12.4. The van der Waals surface area contributed by atoms with Crippen molar-refractivity contribution in [3.63, 3.8) is 0 Å². The minimum absolute atomic E-state index is 0.0749. The second kappa shape index (κ2) is 6.29. The normalized spacial score (nSPS) is 18.3. The van der Waals surface area contributed by atoms with E-state index < -0.39 is 47.2 Å². The van der Waals surface area contributed by atoms with E-state index in [-0.39, 0.29) is 11.8 Å². The van der Waals surface area contributed by atoms with Gasteiger partial charge >= 0.3 is 12.4 Å². The van der Waals surface area contributed by atoms with E-state index in [1.54, 1.807) is 0 Å². The molecule has 2 aromatic rings. The summed E-state index contributed by atoms with van der Waals surface area (Å²) in [6, 6.07) is 4.81. The molecule has 10 heteroatoms. The lowest BCUT2D eigenvalue weighted by Crippen LogP contribution is -2.42. The average molecular weight is 393 g/mol. The van der Waals surface area contributed by atoms with Gasteiger partial charge < -0.3 is 16.0 Å². The Morgan fingerprint density at radius 2 is 1.59 bits per heavy atom. The molecule has 1 aliphatic rings. The maximum Gasteiger partial charge on any atom is 0.418 e. The predicted molar refractivity (Wildman–Crippen MR) is 85.6 cm³/mol. The number of likely N-dealkylation sites (N-methyl/N-ethyl adjacent to an activating group) is 1. The highest BCUT2D eigenvalue weighted by Crippen LogP contribution is 2.48. The summed E-state index contributed by atoms with van der Waals surface area (Å²) in [5.74, 6) is -0.517. The minimum Gasteiger partial charge on any atom is -0.361 e. The first-order valence-electron chi connectivity index (χ1n) is 7.72. The van der Waals surface area contributed by atoms with Crippen LogP contribution in [0.3, 0.4) is 0 Å². The van der Waals surface area contributed by atoms with Crippen LogP contribution in [0.15, 0.2) is 36.4 Å². The van der Waals surface area contributed by atoms with Crippen molar-refractivity contribution in [2.75, 3.05) is 17.3 Å². The van der Waals surface area contributed by atoms with Gasteiger partial charge in [-0.1, -0.05) is 12.1 Å². The molecule has 146 valence electrons. The zero-order chi connectivity index (χ0) is 20.1. The lowest BCUT2D eigenvalue weighted by molar-refractivity contribution is -0.142. The molecule has 1 heterocycles. The van der Waals surface area contributed by atoms with Crippen LogP contribution in [-0.2, 0) is 12.4 Å². The molecule has 3 nitrogen and oxygen atoms in total. The van der Waals surface area contributed by atoms with Gasteiger partial charge in [0.05, 0.1) is 28.5 Å². The topological polar surface area (TPSA) is 41.3 Å². The summed E-state index contributed by atoms with van der Waals surface area (Å²) in [6.45, 7) is 0. The van der Waals surface area contributed by atoms with Crippen LogP contribution in [0, 0.1) is 5.82 Å². The first kappa shape index (κ1) is 19.3. The Kier molecular flexibility index (Phi) is 4.49. The Labute approximate surface area is 149 Å². The number of rotatable bonds is 2. The quantitative estimate of drug-likeness (QED) is 0.724. The van der Waals surface area contributed by atoms with E-state index in [0.29, 0.717) is 11.6 Å². The molecule has 3 N–H and O–H groups in total. The summed E-state index contributed by atoms with van der Waals surface area (Å²) in [7, 11) is 1.34. The highest BCUT2D eigenvalue weighted by molar-refractivity contribution is 5.81. The molecular weight excluding hydrogens is 379 g/mol. The second-order valence-electron chi connectivity index (χ2n) is 6.19. The van der Waals surface area contributed by atoms with Crippen LogP contribution in [0.2, 0.25) is 0 Å². The summed E-state index contributed by atoms with van der Waals surface area (Å²) in [5.41, 5.74) is 2.92. The Morgan fingerprint density at radius 1 is 1.00 bits per heavy atom. The molecular formula is C17H14F7N3. The summed E-state index contributed by atoms with van der Waals surface area (Å²) in [6.07, 6.45) is -10.9. The molecule has 0 aromatic heterocycles. The number of hydrogen-bond donors (Lipinski definition) is 2. The van der Waals surface area contributed by atoms with Gasteiger partial charge in [0, 0.05) is 7.05 Å². The largest absolute Gasteiger partial charge is 0.418 e. The van der Waals surface area contributed by atoms with Crippen molar-refractivity contribution in [2.45, 2.75) is 24.6 Å². The molecule has 3 rings (SSSR count). The van der Waals surface area contributed by atoms with E-state index in [4.69, 9.17) is 5.73 Å². The maximum absolute atomic E-state index is 13.3. The number of anilines is 2. The molecule has 0 spiro atoms. The van der Waals surface area contributed by atoms with Crippen LogP contribution in [-0.4, -0.2) is 13.2 Å². The lowest BCUT2D eigenvalue weighted by Gasteiger charge is -2.28. The standard InChI is InChI=1S/C17H14F7N3/c1-27-12-7-9(16(19,20)21)6-11(17(22,23)24)14(12)26-15(27)13(25)8-2-4-10(18)5-3-8/h2-7,13,15,26H,25H2,1H3/t13-,15?/m0/s1. The molecule has 1 unspecified atom stereocenters. The monoisotopic (exact) mass is 393 g/mol. The van der Waals surface area contributed by atoms with Crippen molar-refractivity contribution in [3.05, 3.63) is 58.9 Å². The zero-order valence-electron chi connectivity index (χ0n) is 13.8.